The summed E-state index contributed by atoms with van der Waals surface area (Å²) < 4.78 is 27.0. The first-order valence-electron chi connectivity index (χ1n) is 7.60. The first-order valence-corrected chi connectivity index (χ1v) is 10.8. The fourth-order valence-corrected chi connectivity index (χ4v) is 5.11. The Morgan fingerprint density at radius 1 is 1.19 bits per heavy atom. The normalized spacial score (nSPS) is 12.7. The number of carbonyl (C=O) groups excluding carboxylic acids is 1. The zero-order valence-corrected chi connectivity index (χ0v) is 17.0. The number of nitrogens with zero attached hydrogens (tertiary/aromatic N) is 2. The van der Waals surface area contributed by atoms with E-state index in [0.717, 1.165) is 4.70 Å². The summed E-state index contributed by atoms with van der Waals surface area (Å²) in [6, 6.07) is 9.55. The summed E-state index contributed by atoms with van der Waals surface area (Å²) in [7, 11) is -1.81. The van der Waals surface area contributed by atoms with E-state index in [9.17, 15) is 13.2 Å². The highest BCUT2D eigenvalue weighted by Crippen LogP contribution is 2.31. The van der Waals surface area contributed by atoms with E-state index in [1.165, 1.54) is 30.4 Å². The van der Waals surface area contributed by atoms with Crippen LogP contribution < -0.4 is 4.80 Å². The Labute approximate surface area is 164 Å². The number of aryl methyl sites for hydroxylation is 1. The molecule has 1 amide bonds. The van der Waals surface area contributed by atoms with Gasteiger partial charge in [-0.3, -0.25) is 4.79 Å². The molecule has 3 aromatic rings. The van der Waals surface area contributed by atoms with Gasteiger partial charge < -0.3 is 4.57 Å². The van der Waals surface area contributed by atoms with Gasteiger partial charge in [0.05, 0.1) is 36.5 Å². The van der Waals surface area contributed by atoms with Crippen molar-refractivity contribution in [1.29, 1.82) is 0 Å². The molecule has 1 aromatic heterocycles. The lowest BCUT2D eigenvalue weighted by molar-refractivity contribution is 0.0995. The van der Waals surface area contributed by atoms with Gasteiger partial charge in [0.25, 0.3) is 5.91 Å². The Balaban J connectivity index is 2.19. The highest BCUT2D eigenvalue weighted by atomic mass is 35.5. The lowest BCUT2D eigenvalue weighted by atomic mass is 10.2. The van der Waals surface area contributed by atoms with E-state index < -0.39 is 15.7 Å². The second-order valence-electron chi connectivity index (χ2n) is 5.47. The molecule has 0 radical (unpaired) electrons. The number of fused-ring (bicyclic) bond motifs is 1. The maximum absolute atomic E-state index is 12.7. The summed E-state index contributed by atoms with van der Waals surface area (Å²) in [6.07, 6.45) is 0. The second kappa shape index (κ2) is 7.15. The number of amides is 1. The lowest BCUT2D eigenvalue weighted by Gasteiger charge is -2.05. The number of halogens is 2. The molecule has 5 nitrogen and oxygen atoms in total. The standard InChI is InChI=1S/C17H14Cl2N2O3S2/c1-3-26(23,24)13-7-5-4-6-10(13)16(22)20-17-21(2)15-12(25-17)9-8-11(18)14(15)19/h4-9H,3H2,1-2H3. The maximum atomic E-state index is 12.7. The fourth-order valence-electron chi connectivity index (χ4n) is 2.49. The van der Waals surface area contributed by atoms with Crippen LogP contribution in [0.5, 0.6) is 0 Å². The molecule has 0 bridgehead atoms. The molecule has 0 spiro atoms. The predicted molar refractivity (Wildman–Crippen MR) is 105 cm³/mol. The Morgan fingerprint density at radius 3 is 2.58 bits per heavy atom. The van der Waals surface area contributed by atoms with Crippen molar-refractivity contribution in [2.24, 2.45) is 12.0 Å². The van der Waals surface area contributed by atoms with Crippen molar-refractivity contribution in [2.75, 3.05) is 5.75 Å². The van der Waals surface area contributed by atoms with E-state index in [-0.39, 0.29) is 16.2 Å². The number of benzene rings is 2. The zero-order chi connectivity index (χ0) is 19.1. The number of rotatable bonds is 3. The maximum Gasteiger partial charge on any atom is 0.280 e. The van der Waals surface area contributed by atoms with Gasteiger partial charge in [-0.05, 0) is 24.3 Å². The number of sulfone groups is 1. The van der Waals surface area contributed by atoms with Gasteiger partial charge in [-0.2, -0.15) is 4.99 Å². The van der Waals surface area contributed by atoms with Gasteiger partial charge in [0.2, 0.25) is 0 Å². The van der Waals surface area contributed by atoms with Crippen LogP contribution in [-0.2, 0) is 16.9 Å². The third kappa shape index (κ3) is 3.32. The quantitative estimate of drug-likeness (QED) is 0.630. The van der Waals surface area contributed by atoms with E-state index in [4.69, 9.17) is 23.2 Å². The molecule has 0 saturated heterocycles. The average molecular weight is 429 g/mol. The van der Waals surface area contributed by atoms with Crippen LogP contribution in [0.25, 0.3) is 10.2 Å². The molecule has 0 unspecified atom stereocenters. The van der Waals surface area contributed by atoms with Crippen LogP contribution in [0.1, 0.15) is 17.3 Å². The van der Waals surface area contributed by atoms with Crippen molar-refractivity contribution in [3.63, 3.8) is 0 Å². The number of aromatic nitrogens is 1. The minimum atomic E-state index is -3.54. The van der Waals surface area contributed by atoms with Crippen LogP contribution in [0.3, 0.4) is 0 Å². The molecule has 0 saturated carbocycles. The minimum absolute atomic E-state index is 0.0129. The van der Waals surface area contributed by atoms with Crippen LogP contribution in [0.4, 0.5) is 0 Å². The van der Waals surface area contributed by atoms with Gasteiger partial charge >= 0.3 is 0 Å². The van der Waals surface area contributed by atoms with Gasteiger partial charge in [-0.1, -0.05) is 53.6 Å². The molecule has 26 heavy (non-hydrogen) atoms. The summed E-state index contributed by atoms with van der Waals surface area (Å²) >= 11 is 13.6. The van der Waals surface area contributed by atoms with Crippen molar-refractivity contribution in [3.8, 4) is 0 Å². The predicted octanol–water partition coefficient (Wildman–Crippen LogP) is 4.08. The number of hydrogen-bond acceptors (Lipinski definition) is 4. The van der Waals surface area contributed by atoms with Gasteiger partial charge in [0, 0.05) is 7.05 Å². The van der Waals surface area contributed by atoms with E-state index in [1.54, 1.807) is 35.9 Å². The molecule has 0 aliphatic rings. The van der Waals surface area contributed by atoms with Crippen LogP contribution in [0.2, 0.25) is 10.0 Å². The number of thiazole rings is 1. The monoisotopic (exact) mass is 428 g/mol. The minimum Gasteiger partial charge on any atom is -0.318 e. The summed E-state index contributed by atoms with van der Waals surface area (Å²) in [5.74, 6) is -0.718. The van der Waals surface area contributed by atoms with Crippen molar-refractivity contribution < 1.29 is 13.2 Å². The third-order valence-corrected chi connectivity index (χ3v) is 7.56. The molecule has 0 fully saturated rings. The lowest BCUT2D eigenvalue weighted by Crippen LogP contribution is -2.15. The molecular weight excluding hydrogens is 415 g/mol. The van der Waals surface area contributed by atoms with Crippen LogP contribution in [0.15, 0.2) is 46.3 Å². The topological polar surface area (TPSA) is 68.5 Å². The molecule has 1 heterocycles. The van der Waals surface area contributed by atoms with E-state index in [0.29, 0.717) is 20.4 Å². The summed E-state index contributed by atoms with van der Waals surface area (Å²) in [5, 5.41) is 0.788. The summed E-state index contributed by atoms with van der Waals surface area (Å²) in [4.78, 5) is 17.2. The Hall–Kier alpha value is -1.67. The smallest absolute Gasteiger partial charge is 0.280 e. The molecule has 9 heteroatoms. The fraction of sp³-hybridized carbons (Fsp3) is 0.176. The van der Waals surface area contributed by atoms with Crippen molar-refractivity contribution in [1.82, 2.24) is 4.57 Å². The first kappa shape index (κ1) is 19.1. The average Bonchev–Trinajstić information content (AvgIpc) is 2.94. The molecule has 0 aliphatic carbocycles. The van der Waals surface area contributed by atoms with Crippen LogP contribution in [-0.4, -0.2) is 24.6 Å². The largest absolute Gasteiger partial charge is 0.318 e. The Kier molecular flexibility index (Phi) is 5.25. The number of carbonyl (C=O) groups is 1. The Morgan fingerprint density at radius 2 is 1.88 bits per heavy atom. The molecule has 3 rings (SSSR count). The van der Waals surface area contributed by atoms with Crippen LogP contribution >= 0.6 is 34.5 Å². The van der Waals surface area contributed by atoms with Gasteiger partial charge in [0.15, 0.2) is 14.6 Å². The van der Waals surface area contributed by atoms with Gasteiger partial charge in [-0.25, -0.2) is 8.42 Å². The van der Waals surface area contributed by atoms with E-state index in [1.807, 2.05) is 0 Å². The molecular formula is C17H14Cl2N2O3S2. The van der Waals surface area contributed by atoms with Crippen molar-refractivity contribution >= 4 is 60.5 Å². The summed E-state index contributed by atoms with van der Waals surface area (Å²) in [5.41, 5.74) is 0.723. The van der Waals surface area contributed by atoms with E-state index in [2.05, 4.69) is 4.99 Å². The SMILES string of the molecule is CCS(=O)(=O)c1ccccc1C(=O)N=c1sc2ccc(Cl)c(Cl)c2n1C. The third-order valence-electron chi connectivity index (χ3n) is 3.89. The Bertz CT molecular complexity index is 1190. The van der Waals surface area contributed by atoms with Crippen LogP contribution in [0, 0.1) is 0 Å². The van der Waals surface area contributed by atoms with Crippen molar-refractivity contribution in [2.45, 2.75) is 11.8 Å². The number of hydrogen-bond donors (Lipinski definition) is 0. The summed E-state index contributed by atoms with van der Waals surface area (Å²) in [6.45, 7) is 1.53. The molecule has 0 N–H and O–H groups in total. The molecule has 136 valence electrons. The molecule has 2 aromatic carbocycles. The van der Waals surface area contributed by atoms with Gasteiger partial charge in [-0.15, -0.1) is 0 Å². The first-order chi connectivity index (χ1) is 12.3. The van der Waals surface area contributed by atoms with E-state index >= 15 is 0 Å². The van der Waals surface area contributed by atoms with Crippen molar-refractivity contribution in [3.05, 3.63) is 56.8 Å². The molecule has 0 atom stereocenters. The highest BCUT2D eigenvalue weighted by molar-refractivity contribution is 7.91. The zero-order valence-electron chi connectivity index (χ0n) is 13.9. The molecule has 0 aliphatic heterocycles. The second-order valence-corrected chi connectivity index (χ2v) is 9.51. The highest BCUT2D eigenvalue weighted by Gasteiger charge is 2.20. The van der Waals surface area contributed by atoms with Gasteiger partial charge in [0.1, 0.15) is 0 Å².